The van der Waals surface area contributed by atoms with E-state index in [9.17, 15) is 4.79 Å². The number of benzene rings is 1. The molecule has 0 saturated carbocycles. The number of aryl methyl sites for hydroxylation is 3. The van der Waals surface area contributed by atoms with E-state index in [4.69, 9.17) is 4.74 Å². The molecule has 5 heteroatoms. The summed E-state index contributed by atoms with van der Waals surface area (Å²) in [4.78, 5) is 16.7. The monoisotopic (exact) mass is 354 g/mol. The number of ether oxygens (including phenoxy) is 1. The Morgan fingerprint density at radius 2 is 1.80 bits per heavy atom. The standard InChI is InChI=1S/C20H22N2O2S/c1-14-4-5-19-21-17(11-20(23)22(19)12-14)13-25-7-6-24-18-9-15(2)8-16(3)10-18/h4-5,8-12H,6-7,13H2,1-3H3. The molecule has 0 fully saturated rings. The summed E-state index contributed by atoms with van der Waals surface area (Å²) < 4.78 is 7.40. The number of nitrogens with zero attached hydrogens (tertiary/aromatic N) is 2. The quantitative estimate of drug-likeness (QED) is 0.629. The fraction of sp³-hybridized carbons (Fsp3) is 0.300. The molecule has 25 heavy (non-hydrogen) atoms. The number of fused-ring (bicyclic) bond motifs is 1. The largest absolute Gasteiger partial charge is 0.493 e. The van der Waals surface area contributed by atoms with Gasteiger partial charge in [0.25, 0.3) is 5.56 Å². The van der Waals surface area contributed by atoms with Gasteiger partial charge in [0.05, 0.1) is 12.3 Å². The Kier molecular flexibility index (Phi) is 5.43. The first-order valence-electron chi connectivity index (χ1n) is 8.29. The van der Waals surface area contributed by atoms with Gasteiger partial charge in [0.15, 0.2) is 0 Å². The topological polar surface area (TPSA) is 43.6 Å². The van der Waals surface area contributed by atoms with Crippen molar-refractivity contribution in [3.8, 4) is 5.75 Å². The lowest BCUT2D eigenvalue weighted by atomic mass is 10.1. The maximum Gasteiger partial charge on any atom is 0.258 e. The van der Waals surface area contributed by atoms with E-state index < -0.39 is 0 Å². The van der Waals surface area contributed by atoms with Crippen LogP contribution in [-0.4, -0.2) is 21.7 Å². The minimum atomic E-state index is -0.0317. The Balaban J connectivity index is 1.54. The summed E-state index contributed by atoms with van der Waals surface area (Å²) in [6.07, 6.45) is 1.82. The molecule has 2 heterocycles. The van der Waals surface area contributed by atoms with Crippen LogP contribution < -0.4 is 10.3 Å². The second-order valence-electron chi connectivity index (χ2n) is 6.24. The molecule has 0 spiro atoms. The van der Waals surface area contributed by atoms with Crippen LogP contribution in [0.4, 0.5) is 0 Å². The molecule has 0 radical (unpaired) electrons. The molecule has 0 atom stereocenters. The van der Waals surface area contributed by atoms with Gasteiger partial charge in [0.2, 0.25) is 0 Å². The van der Waals surface area contributed by atoms with Gasteiger partial charge in [-0.3, -0.25) is 9.20 Å². The van der Waals surface area contributed by atoms with Gasteiger partial charge < -0.3 is 4.74 Å². The molecule has 2 aromatic heterocycles. The van der Waals surface area contributed by atoms with E-state index in [0.717, 1.165) is 22.8 Å². The van der Waals surface area contributed by atoms with Crippen molar-refractivity contribution >= 4 is 17.4 Å². The maximum atomic E-state index is 12.2. The van der Waals surface area contributed by atoms with Crippen molar-refractivity contribution in [3.63, 3.8) is 0 Å². The molecule has 0 unspecified atom stereocenters. The van der Waals surface area contributed by atoms with Gasteiger partial charge in [0.1, 0.15) is 11.4 Å². The zero-order valence-electron chi connectivity index (χ0n) is 14.8. The van der Waals surface area contributed by atoms with Crippen molar-refractivity contribution in [2.45, 2.75) is 26.5 Å². The summed E-state index contributed by atoms with van der Waals surface area (Å²) >= 11 is 1.72. The summed E-state index contributed by atoms with van der Waals surface area (Å²) in [7, 11) is 0. The molecule has 130 valence electrons. The molecule has 4 nitrogen and oxygen atoms in total. The van der Waals surface area contributed by atoms with Crippen molar-refractivity contribution in [3.05, 3.63) is 75.3 Å². The van der Waals surface area contributed by atoms with Crippen LogP contribution in [-0.2, 0) is 5.75 Å². The molecule has 0 N–H and O–H groups in total. The second-order valence-corrected chi connectivity index (χ2v) is 7.35. The molecule has 0 amide bonds. The molecule has 3 aromatic rings. The predicted octanol–water partition coefficient (Wildman–Crippen LogP) is 3.93. The number of pyridine rings is 1. The van der Waals surface area contributed by atoms with Crippen LogP contribution in [0.5, 0.6) is 5.75 Å². The summed E-state index contributed by atoms with van der Waals surface area (Å²) in [6, 6.07) is 11.7. The normalized spacial score (nSPS) is 11.0. The first kappa shape index (κ1) is 17.5. The lowest BCUT2D eigenvalue weighted by Gasteiger charge is -2.08. The van der Waals surface area contributed by atoms with E-state index in [1.165, 1.54) is 11.1 Å². The van der Waals surface area contributed by atoms with Crippen molar-refractivity contribution in [2.24, 2.45) is 0 Å². The van der Waals surface area contributed by atoms with Gasteiger partial charge in [-0.15, -0.1) is 0 Å². The zero-order valence-corrected chi connectivity index (χ0v) is 15.6. The number of rotatable bonds is 6. The molecule has 0 aliphatic heterocycles. The molecule has 0 saturated heterocycles. The summed E-state index contributed by atoms with van der Waals surface area (Å²) in [6.45, 7) is 6.74. The van der Waals surface area contributed by atoms with Crippen molar-refractivity contribution in [1.29, 1.82) is 0 Å². The highest BCUT2D eigenvalue weighted by Crippen LogP contribution is 2.17. The van der Waals surface area contributed by atoms with Crippen LogP contribution in [0.3, 0.4) is 0 Å². The van der Waals surface area contributed by atoms with Crippen LogP contribution in [0.15, 0.2) is 47.4 Å². The van der Waals surface area contributed by atoms with Crippen LogP contribution in [0, 0.1) is 20.8 Å². The predicted molar refractivity (Wildman–Crippen MR) is 104 cm³/mol. The average molecular weight is 354 g/mol. The molecule has 3 rings (SSSR count). The second kappa shape index (κ2) is 7.74. The number of hydrogen-bond acceptors (Lipinski definition) is 4. The number of hydrogen-bond donors (Lipinski definition) is 0. The lowest BCUT2D eigenvalue weighted by Crippen LogP contribution is -2.15. The summed E-state index contributed by atoms with van der Waals surface area (Å²) in [5.74, 6) is 2.47. The lowest BCUT2D eigenvalue weighted by molar-refractivity contribution is 0.343. The smallest absolute Gasteiger partial charge is 0.258 e. The molecule has 0 bridgehead atoms. The zero-order chi connectivity index (χ0) is 17.8. The van der Waals surface area contributed by atoms with E-state index >= 15 is 0 Å². The van der Waals surface area contributed by atoms with Crippen molar-refractivity contribution in [1.82, 2.24) is 9.38 Å². The Morgan fingerprint density at radius 1 is 1.04 bits per heavy atom. The Hall–Kier alpha value is -2.27. The molecule has 0 aliphatic carbocycles. The SMILES string of the molecule is Cc1cc(C)cc(OCCSCc2cc(=O)n3cc(C)ccc3n2)c1. The highest BCUT2D eigenvalue weighted by molar-refractivity contribution is 7.98. The van der Waals surface area contributed by atoms with E-state index in [1.54, 1.807) is 22.2 Å². The van der Waals surface area contributed by atoms with Gasteiger partial charge in [0, 0.05) is 23.8 Å². The fourth-order valence-electron chi connectivity index (χ4n) is 2.74. The molecule has 1 aromatic carbocycles. The van der Waals surface area contributed by atoms with E-state index in [2.05, 4.69) is 24.9 Å². The molecule has 0 aliphatic rings. The van der Waals surface area contributed by atoms with E-state index in [1.807, 2.05) is 37.4 Å². The van der Waals surface area contributed by atoms with E-state index in [-0.39, 0.29) is 5.56 Å². The van der Waals surface area contributed by atoms with Gasteiger partial charge >= 0.3 is 0 Å². The Bertz CT molecular complexity index is 930. The first-order chi connectivity index (χ1) is 12.0. The van der Waals surface area contributed by atoms with Crippen LogP contribution in [0.1, 0.15) is 22.4 Å². The van der Waals surface area contributed by atoms with Crippen LogP contribution in [0.25, 0.3) is 5.65 Å². The van der Waals surface area contributed by atoms with Gasteiger partial charge in [-0.25, -0.2) is 4.98 Å². The van der Waals surface area contributed by atoms with E-state index in [0.29, 0.717) is 18.0 Å². The fourth-order valence-corrected chi connectivity index (χ4v) is 3.45. The third-order valence-corrected chi connectivity index (χ3v) is 4.76. The van der Waals surface area contributed by atoms with Gasteiger partial charge in [-0.05, 0) is 55.7 Å². The van der Waals surface area contributed by atoms with Gasteiger partial charge in [-0.2, -0.15) is 11.8 Å². The molecular formula is C20H22N2O2S. The van der Waals surface area contributed by atoms with Gasteiger partial charge in [-0.1, -0.05) is 12.1 Å². The van der Waals surface area contributed by atoms with Crippen molar-refractivity contribution in [2.75, 3.05) is 12.4 Å². The Labute approximate surface area is 151 Å². The minimum absolute atomic E-state index is 0.0317. The van der Waals surface area contributed by atoms with Crippen molar-refractivity contribution < 1.29 is 4.74 Å². The van der Waals surface area contributed by atoms with Crippen LogP contribution in [0.2, 0.25) is 0 Å². The summed E-state index contributed by atoms with van der Waals surface area (Å²) in [5, 5.41) is 0. The third-order valence-electron chi connectivity index (χ3n) is 3.80. The highest BCUT2D eigenvalue weighted by atomic mass is 32.2. The number of thioether (sulfide) groups is 1. The highest BCUT2D eigenvalue weighted by Gasteiger charge is 2.03. The minimum Gasteiger partial charge on any atom is -0.493 e. The molecular weight excluding hydrogens is 332 g/mol. The first-order valence-corrected chi connectivity index (χ1v) is 9.44. The van der Waals surface area contributed by atoms with Crippen LogP contribution >= 0.6 is 11.8 Å². The average Bonchev–Trinajstić information content (AvgIpc) is 2.54. The maximum absolute atomic E-state index is 12.2. The number of aromatic nitrogens is 2. The summed E-state index contributed by atoms with van der Waals surface area (Å²) in [5.41, 5.74) is 4.93. The third kappa shape index (κ3) is 4.63. The Morgan fingerprint density at radius 3 is 2.56 bits per heavy atom.